The van der Waals surface area contributed by atoms with Crippen LogP contribution < -0.4 is 5.32 Å². The fourth-order valence-corrected chi connectivity index (χ4v) is 3.06. The molecule has 3 atom stereocenters. The van der Waals surface area contributed by atoms with E-state index in [-0.39, 0.29) is 0 Å². The average molecular weight is 226 g/mol. The van der Waals surface area contributed by atoms with Crippen molar-refractivity contribution in [2.45, 2.75) is 65.0 Å². The van der Waals surface area contributed by atoms with E-state index in [9.17, 15) is 0 Å². The van der Waals surface area contributed by atoms with Crippen molar-refractivity contribution in [3.05, 3.63) is 0 Å². The van der Waals surface area contributed by atoms with Crippen LogP contribution in [0.15, 0.2) is 0 Å². The second kappa shape index (κ2) is 7.29. The zero-order chi connectivity index (χ0) is 12.0. The zero-order valence-electron chi connectivity index (χ0n) is 11.6. The highest BCUT2D eigenvalue weighted by atomic mass is 15.2. The Morgan fingerprint density at radius 1 is 1.25 bits per heavy atom. The minimum absolute atomic E-state index is 0.670. The van der Waals surface area contributed by atoms with E-state index in [1.54, 1.807) is 0 Å². The molecule has 1 aliphatic rings. The fraction of sp³-hybridized carbons (Fsp3) is 1.00. The Bertz CT molecular complexity index is 182. The molecule has 1 saturated carbocycles. The van der Waals surface area contributed by atoms with E-state index in [2.05, 4.69) is 38.0 Å². The van der Waals surface area contributed by atoms with Gasteiger partial charge < -0.3 is 10.2 Å². The molecule has 1 N–H and O–H groups in total. The lowest BCUT2D eigenvalue weighted by molar-refractivity contribution is 0.127. The molecule has 1 aliphatic carbocycles. The molecule has 0 bridgehead atoms. The average Bonchev–Trinajstić information content (AvgIpc) is 2.28. The molecule has 96 valence electrons. The largest absolute Gasteiger partial charge is 0.313 e. The van der Waals surface area contributed by atoms with Gasteiger partial charge in [0.15, 0.2) is 0 Å². The summed E-state index contributed by atoms with van der Waals surface area (Å²) in [5.41, 5.74) is 0. The van der Waals surface area contributed by atoms with Crippen molar-refractivity contribution in [2.75, 3.05) is 20.1 Å². The summed E-state index contributed by atoms with van der Waals surface area (Å²) < 4.78 is 0. The predicted molar refractivity (Wildman–Crippen MR) is 71.8 cm³/mol. The fourth-order valence-electron chi connectivity index (χ4n) is 3.06. The van der Waals surface area contributed by atoms with Crippen LogP contribution in [0.4, 0.5) is 0 Å². The smallest absolute Gasteiger partial charge is 0.0192 e. The van der Waals surface area contributed by atoms with E-state index in [4.69, 9.17) is 0 Å². The standard InChI is InChI=1S/C14H30N2/c1-5-13(15-6-2)11-16(4)14-10-8-7-9-12(14)3/h12-15H,5-11H2,1-4H3. The van der Waals surface area contributed by atoms with E-state index >= 15 is 0 Å². The van der Waals surface area contributed by atoms with Gasteiger partial charge in [-0.1, -0.05) is 33.6 Å². The van der Waals surface area contributed by atoms with Gasteiger partial charge in [0, 0.05) is 18.6 Å². The van der Waals surface area contributed by atoms with Crippen LogP contribution in [0.25, 0.3) is 0 Å². The van der Waals surface area contributed by atoms with Crippen LogP contribution in [0.1, 0.15) is 52.9 Å². The van der Waals surface area contributed by atoms with Crippen molar-refractivity contribution >= 4 is 0 Å². The Labute approximate surface area is 102 Å². The van der Waals surface area contributed by atoms with Gasteiger partial charge in [0.2, 0.25) is 0 Å². The summed E-state index contributed by atoms with van der Waals surface area (Å²) in [4.78, 5) is 2.60. The van der Waals surface area contributed by atoms with Crippen molar-refractivity contribution in [3.63, 3.8) is 0 Å². The first-order valence-corrected chi connectivity index (χ1v) is 7.12. The number of hydrogen-bond donors (Lipinski definition) is 1. The van der Waals surface area contributed by atoms with Crippen molar-refractivity contribution in [2.24, 2.45) is 5.92 Å². The molecule has 0 aromatic heterocycles. The summed E-state index contributed by atoms with van der Waals surface area (Å²) in [5, 5.41) is 3.58. The lowest BCUT2D eigenvalue weighted by atomic mass is 9.85. The molecule has 0 radical (unpaired) electrons. The third-order valence-corrected chi connectivity index (χ3v) is 4.13. The number of nitrogens with one attached hydrogen (secondary N) is 1. The molecular formula is C14H30N2. The highest BCUT2D eigenvalue weighted by Crippen LogP contribution is 2.27. The van der Waals surface area contributed by atoms with Crippen LogP contribution in [-0.4, -0.2) is 37.1 Å². The maximum Gasteiger partial charge on any atom is 0.0192 e. The van der Waals surface area contributed by atoms with Crippen molar-refractivity contribution in [1.29, 1.82) is 0 Å². The molecule has 1 fully saturated rings. The second-order valence-corrected chi connectivity index (χ2v) is 5.43. The van der Waals surface area contributed by atoms with Crippen LogP contribution >= 0.6 is 0 Å². The Balaban J connectivity index is 2.39. The van der Waals surface area contributed by atoms with Crippen molar-refractivity contribution in [1.82, 2.24) is 10.2 Å². The quantitative estimate of drug-likeness (QED) is 0.749. The zero-order valence-corrected chi connectivity index (χ0v) is 11.6. The number of hydrogen-bond acceptors (Lipinski definition) is 2. The Hall–Kier alpha value is -0.0800. The first-order valence-electron chi connectivity index (χ1n) is 7.12. The molecule has 2 heteroatoms. The lowest BCUT2D eigenvalue weighted by Gasteiger charge is -2.38. The van der Waals surface area contributed by atoms with Gasteiger partial charge in [-0.05, 0) is 38.8 Å². The normalized spacial score (nSPS) is 28.3. The molecule has 0 saturated heterocycles. The summed E-state index contributed by atoms with van der Waals surface area (Å²) in [5.74, 6) is 0.887. The summed E-state index contributed by atoms with van der Waals surface area (Å²) in [6.07, 6.45) is 6.93. The molecule has 0 heterocycles. The van der Waals surface area contributed by atoms with Crippen LogP contribution in [-0.2, 0) is 0 Å². The summed E-state index contributed by atoms with van der Waals surface area (Å²) >= 11 is 0. The van der Waals surface area contributed by atoms with Crippen LogP contribution in [0.5, 0.6) is 0 Å². The minimum atomic E-state index is 0.670. The third-order valence-electron chi connectivity index (χ3n) is 4.13. The SMILES string of the molecule is CCNC(CC)CN(C)C1CCCCC1C. The predicted octanol–water partition coefficient (Wildman–Crippen LogP) is 2.89. The molecule has 3 unspecified atom stereocenters. The second-order valence-electron chi connectivity index (χ2n) is 5.43. The molecule has 0 spiro atoms. The Morgan fingerprint density at radius 3 is 2.50 bits per heavy atom. The molecule has 0 aliphatic heterocycles. The highest BCUT2D eigenvalue weighted by Gasteiger charge is 2.25. The molecule has 16 heavy (non-hydrogen) atoms. The molecule has 1 rings (SSSR count). The van der Waals surface area contributed by atoms with E-state index in [1.807, 2.05) is 0 Å². The highest BCUT2D eigenvalue weighted by molar-refractivity contribution is 4.81. The number of likely N-dealkylation sites (N-methyl/N-ethyl adjacent to an activating group) is 2. The molecule has 0 amide bonds. The van der Waals surface area contributed by atoms with Crippen LogP contribution in [0.3, 0.4) is 0 Å². The van der Waals surface area contributed by atoms with Gasteiger partial charge in [-0.3, -0.25) is 0 Å². The van der Waals surface area contributed by atoms with Gasteiger partial charge in [0.05, 0.1) is 0 Å². The summed E-state index contributed by atoms with van der Waals surface area (Å²) in [6.45, 7) is 9.21. The molecule has 0 aromatic rings. The Kier molecular flexibility index (Phi) is 6.37. The maximum absolute atomic E-state index is 3.58. The van der Waals surface area contributed by atoms with Crippen molar-refractivity contribution in [3.8, 4) is 0 Å². The van der Waals surface area contributed by atoms with Crippen LogP contribution in [0, 0.1) is 5.92 Å². The van der Waals surface area contributed by atoms with E-state index in [0.717, 1.165) is 18.5 Å². The molecule has 2 nitrogen and oxygen atoms in total. The first-order chi connectivity index (χ1) is 7.69. The summed E-state index contributed by atoms with van der Waals surface area (Å²) in [7, 11) is 2.31. The number of rotatable bonds is 6. The van der Waals surface area contributed by atoms with Gasteiger partial charge in [-0.25, -0.2) is 0 Å². The first kappa shape index (κ1) is 14.0. The van der Waals surface area contributed by atoms with Gasteiger partial charge in [-0.2, -0.15) is 0 Å². The topological polar surface area (TPSA) is 15.3 Å². The van der Waals surface area contributed by atoms with Gasteiger partial charge in [-0.15, -0.1) is 0 Å². The number of nitrogens with zero attached hydrogens (tertiary/aromatic N) is 1. The summed E-state index contributed by atoms with van der Waals surface area (Å²) in [6, 6.07) is 1.49. The molecule has 0 aromatic carbocycles. The lowest BCUT2D eigenvalue weighted by Crippen LogP contribution is -2.46. The van der Waals surface area contributed by atoms with Crippen molar-refractivity contribution < 1.29 is 0 Å². The van der Waals surface area contributed by atoms with E-state index in [0.29, 0.717) is 6.04 Å². The van der Waals surface area contributed by atoms with Gasteiger partial charge in [0.1, 0.15) is 0 Å². The minimum Gasteiger partial charge on any atom is -0.313 e. The van der Waals surface area contributed by atoms with Crippen LogP contribution in [0.2, 0.25) is 0 Å². The third kappa shape index (κ3) is 4.06. The molecular weight excluding hydrogens is 196 g/mol. The maximum atomic E-state index is 3.58. The monoisotopic (exact) mass is 226 g/mol. The van der Waals surface area contributed by atoms with E-state index < -0.39 is 0 Å². The Morgan fingerprint density at radius 2 is 1.94 bits per heavy atom. The van der Waals surface area contributed by atoms with Gasteiger partial charge in [0.25, 0.3) is 0 Å². The van der Waals surface area contributed by atoms with Gasteiger partial charge >= 0.3 is 0 Å². The van der Waals surface area contributed by atoms with E-state index in [1.165, 1.54) is 38.6 Å².